The third kappa shape index (κ3) is 2.04. The van der Waals surface area contributed by atoms with Crippen molar-refractivity contribution >= 4 is 11.4 Å². The van der Waals surface area contributed by atoms with Crippen molar-refractivity contribution in [1.29, 1.82) is 0 Å². The van der Waals surface area contributed by atoms with E-state index in [-0.39, 0.29) is 0 Å². The third-order valence-corrected chi connectivity index (χ3v) is 2.23. The second-order valence-electron chi connectivity index (χ2n) is 3.31. The summed E-state index contributed by atoms with van der Waals surface area (Å²) in [6.45, 7) is 0. The van der Waals surface area contributed by atoms with Crippen molar-refractivity contribution in [3.8, 4) is 0 Å². The van der Waals surface area contributed by atoms with Crippen LogP contribution in [0.3, 0.4) is 0 Å². The highest BCUT2D eigenvalue weighted by Gasteiger charge is 2.03. The maximum Gasteiger partial charge on any atom is 0.0675 e. The fourth-order valence-electron chi connectivity index (χ4n) is 1.41. The van der Waals surface area contributed by atoms with Crippen LogP contribution < -0.4 is 11.5 Å². The molecule has 0 saturated heterocycles. The van der Waals surface area contributed by atoms with E-state index in [1.165, 1.54) is 0 Å². The number of hydrogen-bond acceptors (Lipinski definition) is 4. The molecule has 0 bridgehead atoms. The Morgan fingerprint density at radius 2 is 1.93 bits per heavy atom. The second-order valence-corrected chi connectivity index (χ2v) is 3.31. The van der Waals surface area contributed by atoms with Gasteiger partial charge in [-0.1, -0.05) is 12.1 Å². The molecule has 4 heteroatoms. The molecule has 0 aliphatic carbocycles. The highest BCUT2D eigenvalue weighted by atomic mass is 15.1. The van der Waals surface area contributed by atoms with E-state index in [1.807, 2.05) is 24.3 Å². The molecule has 1 heterocycles. The predicted octanol–water partition coefficient (Wildman–Crippen LogP) is 1.23. The number of benzene rings is 1. The first-order valence-corrected chi connectivity index (χ1v) is 4.67. The lowest BCUT2D eigenvalue weighted by molar-refractivity contribution is 0.938. The van der Waals surface area contributed by atoms with Crippen molar-refractivity contribution < 1.29 is 0 Å². The van der Waals surface area contributed by atoms with Gasteiger partial charge in [-0.15, -0.1) is 0 Å². The molecule has 1 aromatic heterocycles. The standard InChI is InChI=1S/C11H12N4/c12-10-5-1-3-8(11(10)13)7-9-4-2-6-14-15-9/h1-6H,7,12-13H2. The molecule has 1 aromatic carbocycles. The molecule has 4 N–H and O–H groups in total. The number of nitrogens with zero attached hydrogens (tertiary/aromatic N) is 2. The van der Waals surface area contributed by atoms with Crippen molar-refractivity contribution in [2.24, 2.45) is 0 Å². The number of anilines is 2. The van der Waals surface area contributed by atoms with Crippen LogP contribution in [-0.2, 0) is 6.42 Å². The molecule has 0 spiro atoms. The second kappa shape index (κ2) is 3.96. The monoisotopic (exact) mass is 200 g/mol. The first-order chi connectivity index (χ1) is 7.27. The van der Waals surface area contributed by atoms with E-state index in [9.17, 15) is 0 Å². The van der Waals surface area contributed by atoms with Gasteiger partial charge in [0.05, 0.1) is 17.1 Å². The molecule has 0 aliphatic rings. The van der Waals surface area contributed by atoms with E-state index in [2.05, 4.69) is 10.2 Å². The van der Waals surface area contributed by atoms with Gasteiger partial charge in [-0.25, -0.2) is 0 Å². The summed E-state index contributed by atoms with van der Waals surface area (Å²) in [5, 5.41) is 7.81. The lowest BCUT2D eigenvalue weighted by atomic mass is 10.1. The summed E-state index contributed by atoms with van der Waals surface area (Å²) in [7, 11) is 0. The van der Waals surface area contributed by atoms with Crippen LogP contribution in [-0.4, -0.2) is 10.2 Å². The summed E-state index contributed by atoms with van der Waals surface area (Å²) in [6, 6.07) is 9.38. The smallest absolute Gasteiger partial charge is 0.0675 e. The largest absolute Gasteiger partial charge is 0.397 e. The lowest BCUT2D eigenvalue weighted by Crippen LogP contribution is -2.01. The van der Waals surface area contributed by atoms with E-state index in [1.54, 1.807) is 12.3 Å². The zero-order valence-electron chi connectivity index (χ0n) is 8.22. The van der Waals surface area contributed by atoms with Crippen LogP contribution in [0.5, 0.6) is 0 Å². The molecule has 2 aromatic rings. The molecule has 2 rings (SSSR count). The molecule has 0 fully saturated rings. The maximum absolute atomic E-state index is 5.86. The van der Waals surface area contributed by atoms with Gasteiger partial charge < -0.3 is 11.5 Å². The number of rotatable bonds is 2. The van der Waals surface area contributed by atoms with Crippen molar-refractivity contribution in [2.75, 3.05) is 11.5 Å². The van der Waals surface area contributed by atoms with Crippen LogP contribution >= 0.6 is 0 Å². The summed E-state index contributed by atoms with van der Waals surface area (Å²) in [6.07, 6.45) is 2.30. The Morgan fingerprint density at radius 3 is 2.67 bits per heavy atom. The van der Waals surface area contributed by atoms with E-state index in [0.717, 1.165) is 11.3 Å². The molecule has 15 heavy (non-hydrogen) atoms. The van der Waals surface area contributed by atoms with E-state index in [0.29, 0.717) is 17.8 Å². The average molecular weight is 200 g/mol. The van der Waals surface area contributed by atoms with Gasteiger partial charge in [0.2, 0.25) is 0 Å². The quantitative estimate of drug-likeness (QED) is 0.715. The fraction of sp³-hybridized carbons (Fsp3) is 0.0909. The van der Waals surface area contributed by atoms with Gasteiger partial charge >= 0.3 is 0 Å². The van der Waals surface area contributed by atoms with Gasteiger partial charge in [0.25, 0.3) is 0 Å². The van der Waals surface area contributed by atoms with Crippen LogP contribution in [0.2, 0.25) is 0 Å². The van der Waals surface area contributed by atoms with E-state index >= 15 is 0 Å². The molecule has 0 amide bonds. The van der Waals surface area contributed by atoms with Crippen LogP contribution in [0.25, 0.3) is 0 Å². The molecule has 0 radical (unpaired) electrons. The van der Waals surface area contributed by atoms with Crippen LogP contribution in [0, 0.1) is 0 Å². The molecule has 0 unspecified atom stereocenters. The van der Waals surface area contributed by atoms with E-state index < -0.39 is 0 Å². The number of hydrogen-bond donors (Lipinski definition) is 2. The minimum atomic E-state index is 0.608. The zero-order valence-corrected chi connectivity index (χ0v) is 8.22. The lowest BCUT2D eigenvalue weighted by Gasteiger charge is -2.06. The Balaban J connectivity index is 2.29. The van der Waals surface area contributed by atoms with Crippen LogP contribution in [0.1, 0.15) is 11.3 Å². The predicted molar refractivity (Wildman–Crippen MR) is 60.1 cm³/mol. The number of aromatic nitrogens is 2. The zero-order chi connectivity index (χ0) is 10.7. The van der Waals surface area contributed by atoms with Gasteiger partial charge in [0, 0.05) is 12.6 Å². The maximum atomic E-state index is 5.86. The molecule has 76 valence electrons. The Labute approximate surface area is 87.9 Å². The highest BCUT2D eigenvalue weighted by Crippen LogP contribution is 2.21. The molecule has 0 atom stereocenters. The SMILES string of the molecule is Nc1cccc(Cc2cccnn2)c1N. The topological polar surface area (TPSA) is 77.8 Å². The summed E-state index contributed by atoms with van der Waals surface area (Å²) < 4.78 is 0. The van der Waals surface area contributed by atoms with Crippen molar-refractivity contribution in [3.05, 3.63) is 47.8 Å². The minimum Gasteiger partial charge on any atom is -0.397 e. The summed E-state index contributed by atoms with van der Waals surface area (Å²) in [5.74, 6) is 0. The molecule has 0 saturated carbocycles. The van der Waals surface area contributed by atoms with E-state index in [4.69, 9.17) is 11.5 Å². The van der Waals surface area contributed by atoms with Gasteiger partial charge in [0.1, 0.15) is 0 Å². The summed E-state index contributed by atoms with van der Waals surface area (Å²) >= 11 is 0. The van der Waals surface area contributed by atoms with Crippen LogP contribution in [0.15, 0.2) is 36.5 Å². The number of nitrogen functional groups attached to an aromatic ring is 2. The minimum absolute atomic E-state index is 0.608. The Bertz CT molecular complexity index is 453. The highest BCUT2D eigenvalue weighted by molar-refractivity contribution is 5.67. The molecule has 0 aliphatic heterocycles. The van der Waals surface area contributed by atoms with Gasteiger partial charge in [-0.05, 0) is 23.8 Å². The first-order valence-electron chi connectivity index (χ1n) is 4.67. The average Bonchev–Trinajstić information content (AvgIpc) is 2.26. The number of nitrogens with two attached hydrogens (primary N) is 2. The third-order valence-electron chi connectivity index (χ3n) is 2.23. The number of para-hydroxylation sites is 1. The normalized spacial score (nSPS) is 10.1. The molecular formula is C11H12N4. The Morgan fingerprint density at radius 1 is 1.07 bits per heavy atom. The van der Waals surface area contributed by atoms with Crippen molar-refractivity contribution in [3.63, 3.8) is 0 Å². The van der Waals surface area contributed by atoms with Crippen LogP contribution in [0.4, 0.5) is 11.4 Å². The molecular weight excluding hydrogens is 188 g/mol. The summed E-state index contributed by atoms with van der Waals surface area (Å²) in [5.41, 5.74) is 14.7. The molecule has 4 nitrogen and oxygen atoms in total. The Kier molecular flexibility index (Phi) is 2.49. The Hall–Kier alpha value is -2.10. The van der Waals surface area contributed by atoms with Gasteiger partial charge in [-0.2, -0.15) is 10.2 Å². The van der Waals surface area contributed by atoms with Crippen molar-refractivity contribution in [1.82, 2.24) is 10.2 Å². The fourth-order valence-corrected chi connectivity index (χ4v) is 1.41. The van der Waals surface area contributed by atoms with Gasteiger partial charge in [0.15, 0.2) is 0 Å². The summed E-state index contributed by atoms with van der Waals surface area (Å²) in [4.78, 5) is 0. The first kappa shape index (κ1) is 9.45. The van der Waals surface area contributed by atoms with Crippen molar-refractivity contribution in [2.45, 2.75) is 6.42 Å². The van der Waals surface area contributed by atoms with Gasteiger partial charge in [-0.3, -0.25) is 0 Å².